The standard InChI is InChI=1S/C45H76O7/c1-3-5-7-9-11-13-15-17-19-21-23-25-27-29-31-34-43(47)50-40-37-42(52-45(49)36-33-39-46)38-41-51-44(48)35-32-30-28-26-24-22-20-18-16-14-12-10-8-6-4-2/h11,13-14,16-17,19-20,22,39,42H,3-10,12,15,18,21,23-38,40-41H2,1-2H3/b13-11-,16-14-,19-17-,22-20-. The zero-order valence-electron chi connectivity index (χ0n) is 33.3. The van der Waals surface area contributed by atoms with E-state index in [1.807, 2.05) is 0 Å². The van der Waals surface area contributed by atoms with E-state index in [0.717, 1.165) is 77.0 Å². The lowest BCUT2D eigenvalue weighted by Crippen LogP contribution is -2.23. The molecule has 0 spiro atoms. The van der Waals surface area contributed by atoms with Gasteiger partial charge in [0.2, 0.25) is 0 Å². The molecule has 298 valence electrons. The van der Waals surface area contributed by atoms with Gasteiger partial charge in [-0.1, -0.05) is 127 Å². The van der Waals surface area contributed by atoms with E-state index >= 15 is 0 Å². The van der Waals surface area contributed by atoms with Crippen molar-refractivity contribution in [2.45, 2.75) is 200 Å². The van der Waals surface area contributed by atoms with Gasteiger partial charge in [-0.3, -0.25) is 14.4 Å². The molecule has 0 aliphatic heterocycles. The maximum Gasteiger partial charge on any atom is 0.306 e. The minimum absolute atomic E-state index is 0.00155. The summed E-state index contributed by atoms with van der Waals surface area (Å²) in [6.45, 7) is 4.72. The molecular formula is C45H76O7. The summed E-state index contributed by atoms with van der Waals surface area (Å²) in [5, 5.41) is 0. The molecule has 0 heterocycles. The summed E-state index contributed by atoms with van der Waals surface area (Å²) in [4.78, 5) is 47.3. The molecule has 7 heteroatoms. The van der Waals surface area contributed by atoms with E-state index in [0.29, 0.717) is 32.0 Å². The minimum Gasteiger partial charge on any atom is -0.466 e. The normalized spacial score (nSPS) is 12.3. The van der Waals surface area contributed by atoms with Gasteiger partial charge < -0.3 is 19.0 Å². The highest BCUT2D eigenvalue weighted by Gasteiger charge is 2.17. The van der Waals surface area contributed by atoms with Crippen LogP contribution in [0.1, 0.15) is 194 Å². The van der Waals surface area contributed by atoms with E-state index in [9.17, 15) is 19.2 Å². The van der Waals surface area contributed by atoms with Crippen molar-refractivity contribution in [3.05, 3.63) is 48.6 Å². The zero-order valence-corrected chi connectivity index (χ0v) is 33.3. The maximum atomic E-state index is 12.2. The number of aldehydes is 1. The molecule has 0 saturated heterocycles. The molecule has 0 bridgehead atoms. The smallest absolute Gasteiger partial charge is 0.306 e. The van der Waals surface area contributed by atoms with Gasteiger partial charge >= 0.3 is 17.9 Å². The third-order valence-corrected chi connectivity index (χ3v) is 8.83. The molecule has 0 aromatic heterocycles. The average Bonchev–Trinajstić information content (AvgIpc) is 3.13. The molecule has 0 saturated carbocycles. The molecular weight excluding hydrogens is 652 g/mol. The second-order valence-electron chi connectivity index (χ2n) is 13.8. The number of hydrogen-bond acceptors (Lipinski definition) is 7. The number of carbonyl (C=O) groups is 4. The number of rotatable bonds is 38. The third kappa shape index (κ3) is 38.3. The molecule has 0 rings (SSSR count). The fourth-order valence-corrected chi connectivity index (χ4v) is 5.60. The van der Waals surface area contributed by atoms with Gasteiger partial charge in [0.1, 0.15) is 12.4 Å². The van der Waals surface area contributed by atoms with E-state index in [4.69, 9.17) is 14.2 Å². The van der Waals surface area contributed by atoms with Crippen LogP contribution < -0.4 is 0 Å². The van der Waals surface area contributed by atoms with Gasteiger partial charge in [0.05, 0.1) is 19.6 Å². The Bertz CT molecular complexity index is 965. The van der Waals surface area contributed by atoms with Crippen molar-refractivity contribution in [2.24, 2.45) is 0 Å². The van der Waals surface area contributed by atoms with E-state index < -0.39 is 12.1 Å². The molecule has 52 heavy (non-hydrogen) atoms. The SMILES string of the molecule is CCCCC/C=C\C/C=C\CCCCCCCC(=O)OCCC(CCOC(=O)CCCCCC/C=C\C/C=C\CCCCCC)OC(=O)CCC=O. The van der Waals surface area contributed by atoms with Gasteiger partial charge in [-0.25, -0.2) is 0 Å². The van der Waals surface area contributed by atoms with Crippen molar-refractivity contribution in [3.8, 4) is 0 Å². The summed E-state index contributed by atoms with van der Waals surface area (Å²) in [7, 11) is 0. The van der Waals surface area contributed by atoms with Crippen LogP contribution in [0.25, 0.3) is 0 Å². The molecule has 7 nitrogen and oxygen atoms in total. The van der Waals surface area contributed by atoms with Gasteiger partial charge in [0.15, 0.2) is 0 Å². The van der Waals surface area contributed by atoms with Crippen LogP contribution in [0.3, 0.4) is 0 Å². The molecule has 0 amide bonds. The summed E-state index contributed by atoms with van der Waals surface area (Å²) in [5.41, 5.74) is 0. The van der Waals surface area contributed by atoms with Crippen molar-refractivity contribution in [1.29, 1.82) is 0 Å². The van der Waals surface area contributed by atoms with Gasteiger partial charge in [-0.15, -0.1) is 0 Å². The highest BCUT2D eigenvalue weighted by Crippen LogP contribution is 2.12. The highest BCUT2D eigenvalue weighted by atomic mass is 16.6. The first-order valence-electron chi connectivity index (χ1n) is 21.1. The second-order valence-corrected chi connectivity index (χ2v) is 13.8. The highest BCUT2D eigenvalue weighted by molar-refractivity contribution is 5.72. The minimum atomic E-state index is -0.551. The largest absolute Gasteiger partial charge is 0.466 e. The monoisotopic (exact) mass is 729 g/mol. The Morgan fingerprint density at radius 2 is 0.827 bits per heavy atom. The summed E-state index contributed by atoms with van der Waals surface area (Å²) in [6, 6.07) is 0. The van der Waals surface area contributed by atoms with Crippen LogP contribution >= 0.6 is 0 Å². The lowest BCUT2D eigenvalue weighted by Gasteiger charge is -2.18. The summed E-state index contributed by atoms with van der Waals surface area (Å²) >= 11 is 0. The van der Waals surface area contributed by atoms with E-state index in [1.54, 1.807) is 0 Å². The number of ether oxygens (including phenoxy) is 3. The van der Waals surface area contributed by atoms with Crippen LogP contribution in [0.4, 0.5) is 0 Å². The molecule has 0 N–H and O–H groups in total. The van der Waals surface area contributed by atoms with Gasteiger partial charge in [0, 0.05) is 32.1 Å². The lowest BCUT2D eigenvalue weighted by molar-refractivity contribution is -0.153. The zero-order chi connectivity index (χ0) is 38.0. The Morgan fingerprint density at radius 3 is 1.27 bits per heavy atom. The number of allylic oxidation sites excluding steroid dienone is 8. The first kappa shape index (κ1) is 49.0. The van der Waals surface area contributed by atoms with Crippen LogP contribution in [-0.2, 0) is 33.4 Å². The Morgan fingerprint density at radius 1 is 0.442 bits per heavy atom. The Kier molecular flexibility index (Phi) is 38.5. The van der Waals surface area contributed by atoms with Crippen LogP contribution in [0.15, 0.2) is 48.6 Å². The average molecular weight is 729 g/mol. The first-order chi connectivity index (χ1) is 25.5. The topological polar surface area (TPSA) is 96.0 Å². The van der Waals surface area contributed by atoms with Crippen LogP contribution in [-0.4, -0.2) is 43.5 Å². The Labute approximate surface area is 318 Å². The van der Waals surface area contributed by atoms with Crippen molar-refractivity contribution in [2.75, 3.05) is 13.2 Å². The molecule has 0 aromatic rings. The molecule has 0 fully saturated rings. The Balaban J connectivity index is 4.04. The molecule has 0 radical (unpaired) electrons. The number of hydrogen-bond donors (Lipinski definition) is 0. The first-order valence-corrected chi connectivity index (χ1v) is 21.1. The summed E-state index contributed by atoms with van der Waals surface area (Å²) in [6.07, 6.45) is 44.5. The maximum absolute atomic E-state index is 12.2. The lowest BCUT2D eigenvalue weighted by atomic mass is 10.1. The second kappa shape index (κ2) is 40.8. The molecule has 1 atom stereocenters. The van der Waals surface area contributed by atoms with Gasteiger partial charge in [-0.2, -0.15) is 0 Å². The van der Waals surface area contributed by atoms with E-state index in [1.165, 1.54) is 64.2 Å². The summed E-state index contributed by atoms with van der Waals surface area (Å²) < 4.78 is 16.3. The quantitative estimate of drug-likeness (QED) is 0.0205. The number of esters is 3. The molecule has 0 aliphatic rings. The number of carbonyl (C=O) groups excluding carboxylic acids is 4. The van der Waals surface area contributed by atoms with Crippen LogP contribution in [0.5, 0.6) is 0 Å². The van der Waals surface area contributed by atoms with Gasteiger partial charge in [-0.05, 0) is 77.0 Å². The van der Waals surface area contributed by atoms with E-state index in [-0.39, 0.29) is 38.0 Å². The molecule has 1 unspecified atom stereocenters. The van der Waals surface area contributed by atoms with Crippen LogP contribution in [0.2, 0.25) is 0 Å². The molecule has 0 aromatic carbocycles. The van der Waals surface area contributed by atoms with Crippen molar-refractivity contribution < 1.29 is 33.4 Å². The fourth-order valence-electron chi connectivity index (χ4n) is 5.60. The Hall–Kier alpha value is -2.96. The van der Waals surface area contributed by atoms with Gasteiger partial charge in [0.25, 0.3) is 0 Å². The van der Waals surface area contributed by atoms with Crippen molar-refractivity contribution >= 4 is 24.2 Å². The number of unbranched alkanes of at least 4 members (excludes halogenated alkanes) is 16. The van der Waals surface area contributed by atoms with Crippen molar-refractivity contribution in [1.82, 2.24) is 0 Å². The third-order valence-electron chi connectivity index (χ3n) is 8.83. The molecule has 0 aliphatic carbocycles. The van der Waals surface area contributed by atoms with Crippen LogP contribution in [0, 0.1) is 0 Å². The summed E-state index contributed by atoms with van der Waals surface area (Å²) in [5.74, 6) is -0.986. The predicted octanol–water partition coefficient (Wildman–Crippen LogP) is 12.4. The van der Waals surface area contributed by atoms with Crippen molar-refractivity contribution in [3.63, 3.8) is 0 Å². The predicted molar refractivity (Wildman–Crippen MR) is 215 cm³/mol. The fraction of sp³-hybridized carbons (Fsp3) is 0.733. The van der Waals surface area contributed by atoms with E-state index in [2.05, 4.69) is 62.5 Å².